The van der Waals surface area contributed by atoms with E-state index in [0.29, 0.717) is 5.92 Å². The van der Waals surface area contributed by atoms with Crippen molar-refractivity contribution in [2.24, 2.45) is 5.92 Å². The number of fused-ring (bicyclic) bond motifs is 2. The SMILES string of the molecule is CC1CC12CNc1c([N+](=O)[O-])cccc12. The second-order valence-corrected chi connectivity index (χ2v) is 4.57. The van der Waals surface area contributed by atoms with Gasteiger partial charge < -0.3 is 5.32 Å². The molecule has 1 N–H and O–H groups in total. The first-order valence-corrected chi connectivity index (χ1v) is 5.17. The molecule has 2 aliphatic rings. The molecule has 1 heterocycles. The number of hydrogen-bond donors (Lipinski definition) is 1. The molecule has 2 atom stereocenters. The van der Waals surface area contributed by atoms with Crippen LogP contribution in [0.2, 0.25) is 0 Å². The number of benzene rings is 1. The molecule has 2 unspecified atom stereocenters. The third-order valence-corrected chi connectivity index (χ3v) is 3.81. The Hall–Kier alpha value is -1.58. The third kappa shape index (κ3) is 0.963. The first kappa shape index (κ1) is 8.71. The Labute approximate surface area is 87.4 Å². The molecule has 0 aromatic heterocycles. The van der Waals surface area contributed by atoms with Gasteiger partial charge in [0.25, 0.3) is 5.69 Å². The first-order valence-electron chi connectivity index (χ1n) is 5.17. The molecule has 1 aromatic rings. The number of nitrogens with one attached hydrogen (secondary N) is 1. The van der Waals surface area contributed by atoms with Crippen molar-refractivity contribution in [3.05, 3.63) is 33.9 Å². The largest absolute Gasteiger partial charge is 0.378 e. The zero-order valence-corrected chi connectivity index (χ0v) is 8.49. The summed E-state index contributed by atoms with van der Waals surface area (Å²) in [6.07, 6.45) is 1.15. The molecule has 0 saturated heterocycles. The molecule has 0 amide bonds. The van der Waals surface area contributed by atoms with E-state index in [1.165, 1.54) is 0 Å². The Bertz CT molecular complexity index is 458. The monoisotopic (exact) mass is 204 g/mol. The van der Waals surface area contributed by atoms with Crippen molar-refractivity contribution in [2.45, 2.75) is 18.8 Å². The van der Waals surface area contributed by atoms with E-state index < -0.39 is 0 Å². The van der Waals surface area contributed by atoms with E-state index in [1.807, 2.05) is 6.07 Å². The highest BCUT2D eigenvalue weighted by molar-refractivity contribution is 5.73. The maximum atomic E-state index is 10.8. The summed E-state index contributed by atoms with van der Waals surface area (Å²) >= 11 is 0. The van der Waals surface area contributed by atoms with Gasteiger partial charge in [-0.3, -0.25) is 10.1 Å². The Morgan fingerprint density at radius 2 is 2.33 bits per heavy atom. The topological polar surface area (TPSA) is 55.2 Å². The van der Waals surface area contributed by atoms with Crippen molar-refractivity contribution < 1.29 is 4.92 Å². The van der Waals surface area contributed by atoms with Gasteiger partial charge in [0.1, 0.15) is 5.69 Å². The van der Waals surface area contributed by atoms with E-state index >= 15 is 0 Å². The molecule has 1 spiro atoms. The van der Waals surface area contributed by atoms with Gasteiger partial charge in [-0.1, -0.05) is 19.1 Å². The number of nitrogens with zero attached hydrogens (tertiary/aromatic N) is 1. The van der Waals surface area contributed by atoms with E-state index in [4.69, 9.17) is 0 Å². The number of para-hydroxylation sites is 1. The van der Waals surface area contributed by atoms with Crippen molar-refractivity contribution in [3.63, 3.8) is 0 Å². The summed E-state index contributed by atoms with van der Waals surface area (Å²) in [5.74, 6) is 0.647. The number of nitro groups is 1. The third-order valence-electron chi connectivity index (χ3n) is 3.81. The van der Waals surface area contributed by atoms with Crippen LogP contribution in [-0.4, -0.2) is 11.5 Å². The van der Waals surface area contributed by atoms with Crippen molar-refractivity contribution in [2.75, 3.05) is 11.9 Å². The van der Waals surface area contributed by atoms with Crippen molar-refractivity contribution in [3.8, 4) is 0 Å². The molecule has 3 rings (SSSR count). The molecule has 4 nitrogen and oxygen atoms in total. The fraction of sp³-hybridized carbons (Fsp3) is 0.455. The van der Waals surface area contributed by atoms with Crippen LogP contribution in [0.25, 0.3) is 0 Å². The maximum Gasteiger partial charge on any atom is 0.292 e. The van der Waals surface area contributed by atoms with Gasteiger partial charge in [0.2, 0.25) is 0 Å². The molecule has 15 heavy (non-hydrogen) atoms. The lowest BCUT2D eigenvalue weighted by Gasteiger charge is -2.06. The minimum Gasteiger partial charge on any atom is -0.378 e. The zero-order chi connectivity index (χ0) is 10.6. The summed E-state index contributed by atoms with van der Waals surface area (Å²) in [6.45, 7) is 3.06. The van der Waals surface area contributed by atoms with E-state index in [1.54, 1.807) is 12.1 Å². The average molecular weight is 204 g/mol. The fourth-order valence-electron chi connectivity index (χ4n) is 2.74. The molecule has 1 saturated carbocycles. The second-order valence-electron chi connectivity index (χ2n) is 4.57. The van der Waals surface area contributed by atoms with Crippen LogP contribution >= 0.6 is 0 Å². The Balaban J connectivity index is 2.16. The maximum absolute atomic E-state index is 10.8. The fourth-order valence-corrected chi connectivity index (χ4v) is 2.74. The van der Waals surface area contributed by atoms with Crippen LogP contribution in [0.1, 0.15) is 18.9 Å². The second kappa shape index (κ2) is 2.51. The van der Waals surface area contributed by atoms with Gasteiger partial charge in [0, 0.05) is 18.0 Å². The minimum atomic E-state index is -0.308. The van der Waals surface area contributed by atoms with Gasteiger partial charge in [-0.05, 0) is 17.9 Å². The van der Waals surface area contributed by atoms with Crippen molar-refractivity contribution in [1.82, 2.24) is 0 Å². The minimum absolute atomic E-state index is 0.196. The van der Waals surface area contributed by atoms with Gasteiger partial charge in [0.05, 0.1) is 4.92 Å². The van der Waals surface area contributed by atoms with E-state index in [9.17, 15) is 10.1 Å². The molecule has 1 fully saturated rings. The molecule has 1 aromatic carbocycles. The van der Waals surface area contributed by atoms with Crippen LogP contribution in [0.3, 0.4) is 0 Å². The van der Waals surface area contributed by atoms with Crippen LogP contribution in [0.4, 0.5) is 11.4 Å². The van der Waals surface area contributed by atoms with Crippen LogP contribution in [-0.2, 0) is 5.41 Å². The molecule has 0 bridgehead atoms. The quantitative estimate of drug-likeness (QED) is 0.564. The van der Waals surface area contributed by atoms with Crippen LogP contribution < -0.4 is 5.32 Å². The number of anilines is 1. The van der Waals surface area contributed by atoms with Crippen LogP contribution in [0, 0.1) is 16.0 Å². The summed E-state index contributed by atoms with van der Waals surface area (Å²) in [5.41, 5.74) is 2.29. The molecular weight excluding hydrogens is 192 g/mol. The standard InChI is InChI=1S/C11H12N2O2/c1-7-5-11(7)6-12-10-8(11)3-2-4-9(10)13(14)15/h2-4,7,12H,5-6H2,1H3. The van der Waals surface area contributed by atoms with Crippen LogP contribution in [0.15, 0.2) is 18.2 Å². The lowest BCUT2D eigenvalue weighted by Crippen LogP contribution is -2.11. The van der Waals surface area contributed by atoms with Gasteiger partial charge in [0.15, 0.2) is 0 Å². The Kier molecular flexibility index (Phi) is 1.45. The smallest absolute Gasteiger partial charge is 0.292 e. The lowest BCUT2D eigenvalue weighted by atomic mass is 9.95. The average Bonchev–Trinajstić information content (AvgIpc) is 2.69. The highest BCUT2D eigenvalue weighted by Gasteiger charge is 2.56. The molecule has 4 heteroatoms. The molecule has 0 radical (unpaired) electrons. The van der Waals surface area contributed by atoms with Gasteiger partial charge in [-0.2, -0.15) is 0 Å². The summed E-state index contributed by atoms with van der Waals surface area (Å²) in [7, 11) is 0. The highest BCUT2D eigenvalue weighted by atomic mass is 16.6. The first-order chi connectivity index (χ1) is 7.15. The van der Waals surface area contributed by atoms with Gasteiger partial charge in [-0.25, -0.2) is 0 Å². The Morgan fingerprint density at radius 3 is 2.93 bits per heavy atom. The van der Waals surface area contributed by atoms with Crippen molar-refractivity contribution in [1.29, 1.82) is 0 Å². The van der Waals surface area contributed by atoms with Crippen molar-refractivity contribution >= 4 is 11.4 Å². The summed E-state index contributed by atoms with van der Waals surface area (Å²) < 4.78 is 0. The van der Waals surface area contributed by atoms with Gasteiger partial charge in [-0.15, -0.1) is 0 Å². The zero-order valence-electron chi connectivity index (χ0n) is 8.49. The Morgan fingerprint density at radius 1 is 1.60 bits per heavy atom. The number of rotatable bonds is 1. The number of nitro benzene ring substituents is 1. The number of hydrogen-bond acceptors (Lipinski definition) is 3. The van der Waals surface area contributed by atoms with Crippen LogP contribution in [0.5, 0.6) is 0 Å². The molecule has 78 valence electrons. The highest BCUT2D eigenvalue weighted by Crippen LogP contribution is 2.60. The normalized spacial score (nSPS) is 31.1. The molecular formula is C11H12N2O2. The molecule has 1 aliphatic heterocycles. The predicted molar refractivity (Wildman–Crippen MR) is 57.0 cm³/mol. The molecule has 1 aliphatic carbocycles. The van der Waals surface area contributed by atoms with E-state index in [-0.39, 0.29) is 16.0 Å². The van der Waals surface area contributed by atoms with E-state index in [2.05, 4.69) is 12.2 Å². The van der Waals surface area contributed by atoms with Gasteiger partial charge >= 0.3 is 0 Å². The van der Waals surface area contributed by atoms with E-state index in [0.717, 1.165) is 24.2 Å². The lowest BCUT2D eigenvalue weighted by molar-refractivity contribution is -0.383. The summed E-state index contributed by atoms with van der Waals surface area (Å²) in [6, 6.07) is 5.38. The summed E-state index contributed by atoms with van der Waals surface area (Å²) in [4.78, 5) is 10.5. The summed E-state index contributed by atoms with van der Waals surface area (Å²) in [5, 5.41) is 14.0. The predicted octanol–water partition coefficient (Wildman–Crippen LogP) is 2.30.